The minimum Gasteiger partial charge on any atom is -0.489 e. The van der Waals surface area contributed by atoms with Gasteiger partial charge >= 0.3 is 12.1 Å². The number of hydrogen-bond donors (Lipinski definition) is 2. The normalized spacial score (nSPS) is 28.1. The number of rotatable bonds is 6. The Hall–Kier alpha value is -2.43. The largest absolute Gasteiger partial charge is 0.489 e. The van der Waals surface area contributed by atoms with Crippen molar-refractivity contribution >= 4 is 17.3 Å². The molecule has 172 valence electrons. The summed E-state index contributed by atoms with van der Waals surface area (Å²) in [6, 6.07) is 5.05. The number of alkyl halides is 3. The van der Waals surface area contributed by atoms with Crippen LogP contribution in [0.1, 0.15) is 46.4 Å². The van der Waals surface area contributed by atoms with E-state index in [1.807, 2.05) is 0 Å². The predicted molar refractivity (Wildman–Crippen MR) is 110 cm³/mol. The van der Waals surface area contributed by atoms with E-state index in [-0.39, 0.29) is 42.1 Å². The molecule has 2 N–H and O–H groups in total. The Morgan fingerprint density at radius 2 is 2.09 bits per heavy atom. The molecule has 1 unspecified atom stereocenters. The number of hydrogen-bond acceptors (Lipinski definition) is 6. The Morgan fingerprint density at radius 1 is 1.31 bits per heavy atom. The molecular formula is C22H22F3NO5S. The van der Waals surface area contributed by atoms with E-state index in [2.05, 4.69) is 4.98 Å². The first-order valence-corrected chi connectivity index (χ1v) is 11.1. The van der Waals surface area contributed by atoms with Crippen LogP contribution in [0.15, 0.2) is 41.8 Å². The molecule has 2 heterocycles. The molecule has 1 saturated carbocycles. The summed E-state index contributed by atoms with van der Waals surface area (Å²) in [7, 11) is 0. The maximum absolute atomic E-state index is 13.1. The van der Waals surface area contributed by atoms with Gasteiger partial charge in [-0.3, -0.25) is 0 Å². The zero-order chi connectivity index (χ0) is 22.9. The maximum Gasteiger partial charge on any atom is 0.419 e. The topological polar surface area (TPSA) is 88.9 Å². The lowest BCUT2D eigenvalue weighted by atomic mass is 9.86. The fraction of sp³-hybridized carbons (Fsp3) is 0.455. The molecular weight excluding hydrogens is 447 g/mol. The summed E-state index contributed by atoms with van der Waals surface area (Å²) >= 11 is 1.25. The summed E-state index contributed by atoms with van der Waals surface area (Å²) in [5.74, 6) is -1.43. The van der Waals surface area contributed by atoms with Crippen molar-refractivity contribution in [1.29, 1.82) is 0 Å². The number of aliphatic hydroxyl groups excluding tert-OH is 1. The van der Waals surface area contributed by atoms with Crippen molar-refractivity contribution in [2.24, 2.45) is 11.8 Å². The molecule has 1 saturated heterocycles. The van der Waals surface area contributed by atoms with Gasteiger partial charge in [-0.05, 0) is 30.9 Å². The van der Waals surface area contributed by atoms with Crippen LogP contribution in [0.4, 0.5) is 13.2 Å². The zero-order valence-electron chi connectivity index (χ0n) is 16.9. The number of aromatic carboxylic acids is 1. The lowest BCUT2D eigenvalue weighted by Gasteiger charge is -2.33. The molecule has 0 spiro atoms. The number of carboxylic acid groups (broad SMARTS) is 1. The van der Waals surface area contributed by atoms with Gasteiger partial charge in [-0.15, -0.1) is 11.3 Å². The van der Waals surface area contributed by atoms with Gasteiger partial charge in [0.2, 0.25) is 0 Å². The Kier molecular flexibility index (Phi) is 6.55. The van der Waals surface area contributed by atoms with Gasteiger partial charge in [0.1, 0.15) is 23.5 Å². The number of aromatic nitrogens is 1. The Labute approximate surface area is 186 Å². The van der Waals surface area contributed by atoms with Crippen molar-refractivity contribution in [3.8, 4) is 5.75 Å². The van der Waals surface area contributed by atoms with Gasteiger partial charge in [-0.1, -0.05) is 24.3 Å². The molecule has 1 aromatic carbocycles. The SMILES string of the molecule is O=C(O)c1csc([C@H]2CC[C@@H]3C(/C=C/COc4ccccc4C(F)(F)F)[C@H](O)C[C@@H]3O2)n1. The lowest BCUT2D eigenvalue weighted by molar-refractivity contribution is -0.138. The molecule has 0 bridgehead atoms. The van der Waals surface area contributed by atoms with Crippen molar-refractivity contribution in [2.45, 2.75) is 43.8 Å². The average molecular weight is 469 g/mol. The number of para-hydroxylation sites is 1. The molecule has 0 radical (unpaired) electrons. The number of carboxylic acids is 1. The fourth-order valence-corrected chi connectivity index (χ4v) is 5.29. The molecule has 1 aliphatic carbocycles. The van der Waals surface area contributed by atoms with Crippen LogP contribution in [-0.2, 0) is 10.9 Å². The highest BCUT2D eigenvalue weighted by Crippen LogP contribution is 2.46. The third kappa shape index (κ3) is 4.82. The van der Waals surface area contributed by atoms with Gasteiger partial charge in [-0.25, -0.2) is 9.78 Å². The van der Waals surface area contributed by atoms with Crippen LogP contribution in [-0.4, -0.2) is 40.0 Å². The van der Waals surface area contributed by atoms with Gasteiger partial charge < -0.3 is 19.7 Å². The molecule has 5 atom stereocenters. The zero-order valence-corrected chi connectivity index (χ0v) is 17.7. The van der Waals surface area contributed by atoms with Crippen LogP contribution in [0.5, 0.6) is 5.75 Å². The van der Waals surface area contributed by atoms with E-state index in [9.17, 15) is 23.1 Å². The van der Waals surface area contributed by atoms with E-state index in [4.69, 9.17) is 14.6 Å². The van der Waals surface area contributed by atoms with Crippen molar-refractivity contribution in [3.63, 3.8) is 0 Å². The Bertz CT molecular complexity index is 992. The minimum absolute atomic E-state index is 0.00455. The highest BCUT2D eigenvalue weighted by atomic mass is 32.1. The molecule has 10 heteroatoms. The first-order valence-electron chi connectivity index (χ1n) is 10.2. The molecule has 32 heavy (non-hydrogen) atoms. The molecule has 2 aliphatic rings. The standard InChI is InChI=1S/C22H22F3NO5S/c23-22(24,25)14-5-1-2-6-17(14)30-9-3-4-12-13-7-8-18(31-19(13)10-16(12)27)20-26-15(11-32-20)21(28)29/h1-6,11-13,16,18-19,27H,7-10H2,(H,28,29)/b4-3+/t12?,13-,16-,18-,19+/m1/s1. The lowest BCUT2D eigenvalue weighted by Crippen LogP contribution is -2.30. The molecule has 0 amide bonds. The summed E-state index contributed by atoms with van der Waals surface area (Å²) in [4.78, 5) is 15.2. The number of nitrogens with zero attached hydrogens (tertiary/aromatic N) is 1. The quantitative estimate of drug-likeness (QED) is 0.596. The highest BCUT2D eigenvalue weighted by molar-refractivity contribution is 7.09. The second-order valence-corrected chi connectivity index (χ2v) is 8.78. The number of carbonyl (C=O) groups is 1. The molecule has 4 rings (SSSR count). The third-order valence-corrected chi connectivity index (χ3v) is 6.83. The first kappa shape index (κ1) is 22.8. The second kappa shape index (κ2) is 9.21. The van der Waals surface area contributed by atoms with E-state index >= 15 is 0 Å². The molecule has 2 fully saturated rings. The summed E-state index contributed by atoms with van der Waals surface area (Å²) in [5, 5.41) is 21.7. The highest BCUT2D eigenvalue weighted by Gasteiger charge is 2.46. The minimum atomic E-state index is -4.49. The summed E-state index contributed by atoms with van der Waals surface area (Å²) in [5.41, 5.74) is -0.829. The van der Waals surface area contributed by atoms with Crippen LogP contribution >= 0.6 is 11.3 Å². The average Bonchev–Trinajstić information content (AvgIpc) is 3.35. The van der Waals surface area contributed by atoms with E-state index in [1.54, 1.807) is 12.2 Å². The number of benzene rings is 1. The number of ether oxygens (including phenoxy) is 2. The Balaban J connectivity index is 1.35. The molecule has 6 nitrogen and oxygen atoms in total. The summed E-state index contributed by atoms with van der Waals surface area (Å²) in [6.07, 6.45) is -0.334. The van der Waals surface area contributed by atoms with Crippen molar-refractivity contribution in [3.05, 3.63) is 58.1 Å². The van der Waals surface area contributed by atoms with Gasteiger partial charge in [0.25, 0.3) is 0 Å². The predicted octanol–water partition coefficient (Wildman–Crippen LogP) is 4.71. The summed E-state index contributed by atoms with van der Waals surface area (Å²) < 4.78 is 50.6. The van der Waals surface area contributed by atoms with E-state index < -0.39 is 23.8 Å². The van der Waals surface area contributed by atoms with Crippen molar-refractivity contribution in [2.75, 3.05) is 6.61 Å². The van der Waals surface area contributed by atoms with Crippen molar-refractivity contribution < 1.29 is 37.7 Å². The van der Waals surface area contributed by atoms with Gasteiger partial charge in [0.15, 0.2) is 5.69 Å². The van der Waals surface area contributed by atoms with Gasteiger partial charge in [0.05, 0.1) is 17.8 Å². The number of aliphatic hydroxyl groups is 1. The smallest absolute Gasteiger partial charge is 0.419 e. The van der Waals surface area contributed by atoms with E-state index in [1.165, 1.54) is 34.9 Å². The summed E-state index contributed by atoms with van der Waals surface area (Å²) in [6.45, 7) is -0.0474. The van der Waals surface area contributed by atoms with E-state index in [0.717, 1.165) is 12.5 Å². The van der Waals surface area contributed by atoms with Crippen LogP contribution in [0, 0.1) is 11.8 Å². The molecule has 1 aliphatic heterocycles. The first-order chi connectivity index (χ1) is 15.2. The van der Waals surface area contributed by atoms with Crippen molar-refractivity contribution in [1.82, 2.24) is 4.98 Å². The number of thiazole rings is 1. The third-order valence-electron chi connectivity index (χ3n) is 5.89. The van der Waals surface area contributed by atoms with Crippen LogP contribution in [0.2, 0.25) is 0 Å². The number of fused-ring (bicyclic) bond motifs is 1. The van der Waals surface area contributed by atoms with Crippen LogP contribution in [0.25, 0.3) is 0 Å². The number of halogens is 3. The Morgan fingerprint density at radius 3 is 2.81 bits per heavy atom. The van der Waals surface area contributed by atoms with Crippen LogP contribution < -0.4 is 4.74 Å². The van der Waals surface area contributed by atoms with Gasteiger partial charge in [-0.2, -0.15) is 13.2 Å². The molecule has 2 aromatic rings. The maximum atomic E-state index is 13.1. The monoisotopic (exact) mass is 469 g/mol. The van der Waals surface area contributed by atoms with Gasteiger partial charge in [0, 0.05) is 17.7 Å². The van der Waals surface area contributed by atoms with Crippen LogP contribution in [0.3, 0.4) is 0 Å². The second-order valence-electron chi connectivity index (χ2n) is 7.89. The van der Waals surface area contributed by atoms with E-state index in [0.29, 0.717) is 17.8 Å². The fourth-order valence-electron chi connectivity index (χ4n) is 4.42. The molecule has 1 aromatic heterocycles.